The molecule has 192 valence electrons. The number of carbonyl (C=O) groups excluding carboxylic acids is 1. The number of thiazole rings is 1. The lowest BCUT2D eigenvalue weighted by atomic mass is 9.81. The Bertz CT molecular complexity index is 1180. The first-order valence-corrected chi connectivity index (χ1v) is 12.5. The molecule has 2 aromatic carbocycles. The van der Waals surface area contributed by atoms with Gasteiger partial charge in [-0.05, 0) is 41.7 Å². The van der Waals surface area contributed by atoms with Gasteiger partial charge < -0.3 is 21.5 Å². The van der Waals surface area contributed by atoms with E-state index in [2.05, 4.69) is 28.6 Å². The summed E-state index contributed by atoms with van der Waals surface area (Å²) in [6.07, 6.45) is 0.964. The molecule has 1 heterocycles. The second kappa shape index (κ2) is 12.7. The van der Waals surface area contributed by atoms with Crippen molar-refractivity contribution >= 4 is 28.3 Å². The van der Waals surface area contributed by atoms with Crippen LogP contribution >= 0.6 is 11.3 Å². The first-order valence-electron chi connectivity index (χ1n) is 11.6. The zero-order valence-electron chi connectivity index (χ0n) is 20.1. The van der Waals surface area contributed by atoms with Crippen molar-refractivity contribution in [3.8, 4) is 0 Å². The lowest BCUT2D eigenvalue weighted by Crippen LogP contribution is -2.44. The molecule has 36 heavy (non-hydrogen) atoms. The second-order valence-corrected chi connectivity index (χ2v) is 9.55. The molecule has 0 aliphatic heterocycles. The van der Waals surface area contributed by atoms with E-state index in [9.17, 15) is 23.5 Å². The van der Waals surface area contributed by atoms with Gasteiger partial charge in [-0.25, -0.2) is 13.8 Å². The number of carboxylic acids is 1. The van der Waals surface area contributed by atoms with Crippen molar-refractivity contribution in [2.45, 2.75) is 45.2 Å². The standard InChI is InChI=1S/C26H30F2N4O3S/c1-3-16-5-4-6-17(7-16)12-30-13-21(22(29)10-18-8-19(27)11-20(28)9-18)24(25(34)35)23-14-36-26(32-23)31-15(2)33/h4-9,11,14,21-22,24,30H,3,10,12-13,29H2,1-2H3,(H,34,35)(H,31,32,33)/t21-,22?,24+/m1/s1. The van der Waals surface area contributed by atoms with Gasteiger partial charge in [0.05, 0.1) is 5.69 Å². The number of nitrogens with one attached hydrogen (secondary N) is 2. The molecule has 0 radical (unpaired) electrons. The second-order valence-electron chi connectivity index (χ2n) is 8.69. The molecule has 0 aliphatic carbocycles. The maximum atomic E-state index is 13.8. The topological polar surface area (TPSA) is 117 Å². The van der Waals surface area contributed by atoms with Crippen molar-refractivity contribution in [2.75, 3.05) is 11.9 Å². The number of nitrogens with two attached hydrogens (primary N) is 1. The van der Waals surface area contributed by atoms with E-state index in [1.165, 1.54) is 24.6 Å². The van der Waals surface area contributed by atoms with Crippen LogP contribution in [-0.4, -0.2) is 34.6 Å². The minimum absolute atomic E-state index is 0.0683. The lowest BCUT2D eigenvalue weighted by molar-refractivity contribution is -0.140. The third kappa shape index (κ3) is 7.64. The highest BCUT2D eigenvalue weighted by Crippen LogP contribution is 2.31. The number of carboxylic acid groups (broad SMARTS) is 1. The predicted molar refractivity (Wildman–Crippen MR) is 136 cm³/mol. The number of carbonyl (C=O) groups is 2. The molecule has 0 bridgehead atoms. The predicted octanol–water partition coefficient (Wildman–Crippen LogP) is 4.09. The molecule has 0 saturated heterocycles. The van der Waals surface area contributed by atoms with Crippen LogP contribution in [0.25, 0.3) is 0 Å². The molecule has 1 amide bonds. The third-order valence-corrected chi connectivity index (χ3v) is 6.65. The number of hydrogen-bond acceptors (Lipinski definition) is 6. The number of aromatic nitrogens is 1. The lowest BCUT2D eigenvalue weighted by Gasteiger charge is -2.29. The fourth-order valence-corrected chi connectivity index (χ4v) is 4.97. The molecular weight excluding hydrogens is 486 g/mol. The van der Waals surface area contributed by atoms with Gasteiger partial charge in [-0.3, -0.25) is 9.59 Å². The molecule has 0 saturated carbocycles. The number of nitrogens with zero attached hydrogens (tertiary/aromatic N) is 1. The van der Waals surface area contributed by atoms with Gasteiger partial charge in [0.25, 0.3) is 0 Å². The van der Waals surface area contributed by atoms with Gasteiger partial charge >= 0.3 is 5.97 Å². The van der Waals surface area contributed by atoms with E-state index in [0.717, 1.165) is 29.4 Å². The molecular formula is C26H30F2N4O3S. The summed E-state index contributed by atoms with van der Waals surface area (Å²) in [5.74, 6) is -4.67. The van der Waals surface area contributed by atoms with Gasteiger partial charge in [-0.1, -0.05) is 31.2 Å². The Labute approximate surface area is 212 Å². The van der Waals surface area contributed by atoms with Crippen LogP contribution in [0.15, 0.2) is 47.8 Å². The van der Waals surface area contributed by atoms with Crippen molar-refractivity contribution in [3.63, 3.8) is 0 Å². The SMILES string of the molecule is CCc1cccc(CNC[C@H](C(N)Cc2cc(F)cc(F)c2)[C@H](C(=O)O)c2csc(NC(C)=O)n2)c1. The molecule has 3 aromatic rings. The molecule has 10 heteroatoms. The molecule has 0 aliphatic rings. The van der Waals surface area contributed by atoms with Crippen LogP contribution in [-0.2, 0) is 29.0 Å². The molecule has 1 aromatic heterocycles. The van der Waals surface area contributed by atoms with Gasteiger partial charge in [0.2, 0.25) is 5.91 Å². The smallest absolute Gasteiger partial charge is 0.313 e. The molecule has 3 atom stereocenters. The third-order valence-electron chi connectivity index (χ3n) is 5.87. The van der Waals surface area contributed by atoms with Gasteiger partial charge in [-0.2, -0.15) is 0 Å². The summed E-state index contributed by atoms with van der Waals surface area (Å²) in [7, 11) is 0. The van der Waals surface area contributed by atoms with E-state index >= 15 is 0 Å². The van der Waals surface area contributed by atoms with Crippen molar-refractivity contribution in [1.29, 1.82) is 0 Å². The van der Waals surface area contributed by atoms with E-state index in [0.29, 0.717) is 12.1 Å². The molecule has 3 rings (SSSR count). The first-order chi connectivity index (χ1) is 17.2. The van der Waals surface area contributed by atoms with E-state index in [1.54, 1.807) is 5.38 Å². The van der Waals surface area contributed by atoms with Crippen LogP contribution in [0.5, 0.6) is 0 Å². The number of aryl methyl sites for hydroxylation is 1. The van der Waals surface area contributed by atoms with E-state index in [1.807, 2.05) is 18.2 Å². The van der Waals surface area contributed by atoms with Gasteiger partial charge in [0, 0.05) is 43.4 Å². The molecule has 7 nitrogen and oxygen atoms in total. The molecule has 0 spiro atoms. The summed E-state index contributed by atoms with van der Waals surface area (Å²) in [6.45, 7) is 4.12. The van der Waals surface area contributed by atoms with Crippen molar-refractivity contribution in [2.24, 2.45) is 11.7 Å². The number of rotatable bonds is 12. The maximum absolute atomic E-state index is 13.8. The summed E-state index contributed by atoms with van der Waals surface area (Å²) in [5, 5.41) is 17.9. The highest BCUT2D eigenvalue weighted by atomic mass is 32.1. The summed E-state index contributed by atoms with van der Waals surface area (Å²) >= 11 is 1.12. The van der Waals surface area contributed by atoms with Crippen LogP contribution in [0.4, 0.5) is 13.9 Å². The summed E-state index contributed by atoms with van der Waals surface area (Å²) in [4.78, 5) is 28.1. The van der Waals surface area contributed by atoms with Crippen LogP contribution in [0.2, 0.25) is 0 Å². The number of hydrogen-bond donors (Lipinski definition) is 4. The zero-order chi connectivity index (χ0) is 26.2. The highest BCUT2D eigenvalue weighted by molar-refractivity contribution is 7.13. The van der Waals surface area contributed by atoms with Gasteiger partial charge in [0.15, 0.2) is 5.13 Å². The molecule has 1 unspecified atom stereocenters. The Morgan fingerprint density at radius 3 is 2.44 bits per heavy atom. The number of anilines is 1. The fourth-order valence-electron chi connectivity index (χ4n) is 4.18. The average molecular weight is 517 g/mol. The fraction of sp³-hybridized carbons (Fsp3) is 0.346. The minimum atomic E-state index is -1.13. The largest absolute Gasteiger partial charge is 0.481 e. The number of aliphatic carboxylic acids is 1. The zero-order valence-corrected chi connectivity index (χ0v) is 20.9. The highest BCUT2D eigenvalue weighted by Gasteiger charge is 2.36. The minimum Gasteiger partial charge on any atom is -0.481 e. The average Bonchev–Trinajstić information content (AvgIpc) is 3.24. The maximum Gasteiger partial charge on any atom is 0.313 e. The van der Waals surface area contributed by atoms with E-state index in [-0.39, 0.29) is 29.7 Å². The van der Waals surface area contributed by atoms with E-state index in [4.69, 9.17) is 5.73 Å². The number of amides is 1. The van der Waals surface area contributed by atoms with Crippen molar-refractivity contribution in [1.82, 2.24) is 10.3 Å². The van der Waals surface area contributed by atoms with Crippen LogP contribution < -0.4 is 16.4 Å². The molecule has 0 fully saturated rings. The van der Waals surface area contributed by atoms with Crippen molar-refractivity contribution < 1.29 is 23.5 Å². The molecule has 5 N–H and O–H groups in total. The Morgan fingerprint density at radius 2 is 1.81 bits per heavy atom. The Hall–Kier alpha value is -3.21. The Morgan fingerprint density at radius 1 is 1.11 bits per heavy atom. The Kier molecular flexibility index (Phi) is 9.63. The Balaban J connectivity index is 1.86. The van der Waals surface area contributed by atoms with E-state index < -0.39 is 35.5 Å². The number of halogens is 2. The summed E-state index contributed by atoms with van der Waals surface area (Å²) < 4.78 is 27.5. The van der Waals surface area contributed by atoms with Crippen molar-refractivity contribution in [3.05, 3.63) is 81.9 Å². The summed E-state index contributed by atoms with van der Waals surface area (Å²) in [6, 6.07) is 10.5. The summed E-state index contributed by atoms with van der Waals surface area (Å²) in [5.41, 5.74) is 9.32. The van der Waals surface area contributed by atoms with Gasteiger partial charge in [0.1, 0.15) is 17.6 Å². The van der Waals surface area contributed by atoms with Crippen LogP contribution in [0.1, 0.15) is 42.1 Å². The van der Waals surface area contributed by atoms with Crippen LogP contribution in [0.3, 0.4) is 0 Å². The first kappa shape index (κ1) is 27.4. The normalized spacial score (nSPS) is 13.7. The quantitative estimate of drug-likeness (QED) is 0.288. The van der Waals surface area contributed by atoms with Gasteiger partial charge in [-0.15, -0.1) is 11.3 Å². The van der Waals surface area contributed by atoms with Crippen LogP contribution in [0, 0.1) is 17.6 Å². The monoisotopic (exact) mass is 516 g/mol. The number of benzene rings is 2.